The molecule has 2 aromatic carbocycles. The molecule has 0 aliphatic heterocycles. The summed E-state index contributed by atoms with van der Waals surface area (Å²) in [7, 11) is 3.30. The lowest BCUT2D eigenvalue weighted by Gasteiger charge is -2.14. The van der Waals surface area contributed by atoms with Crippen LogP contribution in [0.25, 0.3) is 0 Å². The van der Waals surface area contributed by atoms with Crippen molar-refractivity contribution in [1.82, 2.24) is 0 Å². The van der Waals surface area contributed by atoms with Gasteiger partial charge in [-0.05, 0) is 72.9 Å². The van der Waals surface area contributed by atoms with Crippen LogP contribution in [0.5, 0.6) is 11.5 Å². The Kier molecular flexibility index (Phi) is 5.09. The van der Waals surface area contributed by atoms with E-state index in [1.54, 1.807) is 14.2 Å². The fourth-order valence-corrected chi connectivity index (χ4v) is 5.05. The fourth-order valence-electron chi connectivity index (χ4n) is 4.14. The van der Waals surface area contributed by atoms with Crippen LogP contribution in [0, 0.1) is 11.8 Å². The minimum Gasteiger partial charge on any atom is -0.497 e. The zero-order chi connectivity index (χ0) is 19.9. The molecule has 2 saturated carbocycles. The molecule has 0 heterocycles. The average molecular weight is 419 g/mol. The van der Waals surface area contributed by atoms with Gasteiger partial charge in [-0.25, -0.2) is 0 Å². The van der Waals surface area contributed by atoms with Crippen LogP contribution >= 0.6 is 23.2 Å². The van der Waals surface area contributed by atoms with Gasteiger partial charge >= 0.3 is 0 Å². The van der Waals surface area contributed by atoms with E-state index >= 15 is 0 Å². The zero-order valence-electron chi connectivity index (χ0n) is 16.1. The van der Waals surface area contributed by atoms with Gasteiger partial charge in [0, 0.05) is 0 Å². The van der Waals surface area contributed by atoms with E-state index in [1.165, 1.54) is 0 Å². The van der Waals surface area contributed by atoms with Gasteiger partial charge in [-0.1, -0.05) is 24.3 Å². The zero-order valence-corrected chi connectivity index (χ0v) is 17.6. The minimum absolute atomic E-state index is 0.00382. The highest BCUT2D eigenvalue weighted by atomic mass is 35.5. The summed E-state index contributed by atoms with van der Waals surface area (Å²) in [6, 6.07) is 15.8. The summed E-state index contributed by atoms with van der Waals surface area (Å²) in [5, 5.41) is 0. The van der Waals surface area contributed by atoms with Gasteiger partial charge in [0.05, 0.1) is 14.2 Å². The van der Waals surface area contributed by atoms with Crippen molar-refractivity contribution in [3.8, 4) is 11.5 Å². The molecule has 0 amide bonds. The molecule has 0 N–H and O–H groups in total. The molecule has 2 fully saturated rings. The molecule has 3 nitrogen and oxygen atoms in total. The number of hydrogen-bond donors (Lipinski definition) is 0. The summed E-state index contributed by atoms with van der Waals surface area (Å²) < 4.78 is 10.6. The Bertz CT molecular complexity index is 827. The minimum atomic E-state index is -0.825. The van der Waals surface area contributed by atoms with Gasteiger partial charge in [0.15, 0.2) is 5.78 Å². The van der Waals surface area contributed by atoms with Crippen molar-refractivity contribution >= 4 is 29.0 Å². The molecule has 0 spiro atoms. The summed E-state index contributed by atoms with van der Waals surface area (Å²) >= 11 is 13.5. The summed E-state index contributed by atoms with van der Waals surface area (Å²) in [4.78, 5) is 11.5. The normalized spacial score (nSPS) is 30.6. The van der Waals surface area contributed by atoms with Crippen molar-refractivity contribution in [1.29, 1.82) is 0 Å². The highest BCUT2D eigenvalue weighted by molar-refractivity contribution is 6.48. The summed E-state index contributed by atoms with van der Waals surface area (Å²) in [5.74, 6) is 1.90. The number of ketones is 1. The number of carbonyl (C=O) groups is 1. The van der Waals surface area contributed by atoms with Crippen molar-refractivity contribution in [3.05, 3.63) is 59.7 Å². The van der Waals surface area contributed by atoms with E-state index in [0.29, 0.717) is 12.8 Å². The summed E-state index contributed by atoms with van der Waals surface area (Å²) in [6.07, 6.45) is 2.90. The Balaban J connectivity index is 1.39. The fraction of sp³-hybridized carbons (Fsp3) is 0.435. The Morgan fingerprint density at radius 3 is 1.71 bits per heavy atom. The average Bonchev–Trinajstić information content (AvgIpc) is 3.57. The largest absolute Gasteiger partial charge is 0.497 e. The van der Waals surface area contributed by atoms with E-state index in [4.69, 9.17) is 32.7 Å². The molecule has 0 aromatic heterocycles. The first-order valence-electron chi connectivity index (χ1n) is 9.57. The van der Waals surface area contributed by atoms with E-state index in [2.05, 4.69) is 0 Å². The molecule has 2 aliphatic carbocycles. The Labute approximate surface area is 175 Å². The molecule has 4 rings (SSSR count). The maximum absolute atomic E-state index is 13.1. The summed E-state index contributed by atoms with van der Waals surface area (Å²) in [6.45, 7) is 0. The molecule has 4 unspecified atom stereocenters. The molecule has 2 aromatic rings. The van der Waals surface area contributed by atoms with Crippen molar-refractivity contribution < 1.29 is 14.3 Å². The number of Topliss-reactive ketones (excluding diaryl/α,β-unsaturated/α-hetero) is 1. The van der Waals surface area contributed by atoms with E-state index in [9.17, 15) is 4.79 Å². The van der Waals surface area contributed by atoms with Crippen molar-refractivity contribution in [2.45, 2.75) is 35.4 Å². The summed E-state index contributed by atoms with van der Waals surface area (Å²) in [5.41, 5.74) is 2.26. The molecule has 28 heavy (non-hydrogen) atoms. The molecular weight excluding hydrogens is 395 g/mol. The second kappa shape index (κ2) is 7.27. The van der Waals surface area contributed by atoms with Gasteiger partial charge in [-0.3, -0.25) is 4.79 Å². The number of methoxy groups -OCH3 is 2. The Hall–Kier alpha value is -1.71. The molecule has 2 aliphatic rings. The van der Waals surface area contributed by atoms with Gasteiger partial charge in [-0.2, -0.15) is 0 Å². The highest BCUT2D eigenvalue weighted by Crippen LogP contribution is 2.62. The predicted octanol–water partition coefficient (Wildman–Crippen LogP) is 5.05. The van der Waals surface area contributed by atoms with E-state index in [0.717, 1.165) is 35.5 Å². The number of ether oxygens (including phenoxy) is 2. The van der Waals surface area contributed by atoms with Crippen LogP contribution in [-0.4, -0.2) is 29.8 Å². The predicted molar refractivity (Wildman–Crippen MR) is 112 cm³/mol. The van der Waals surface area contributed by atoms with Gasteiger partial charge in [0.2, 0.25) is 0 Å². The van der Waals surface area contributed by atoms with Crippen LogP contribution in [0.1, 0.15) is 24.0 Å². The third kappa shape index (κ3) is 3.62. The van der Waals surface area contributed by atoms with Crippen molar-refractivity contribution in [2.75, 3.05) is 14.2 Å². The third-order valence-electron chi connectivity index (χ3n) is 6.05. The lowest BCUT2D eigenvalue weighted by atomic mass is 10.0. The maximum Gasteiger partial charge on any atom is 0.175 e. The highest BCUT2D eigenvalue weighted by Gasteiger charge is 2.69. The third-order valence-corrected chi connectivity index (χ3v) is 7.32. The van der Waals surface area contributed by atoms with Crippen LogP contribution in [-0.2, 0) is 17.6 Å². The monoisotopic (exact) mass is 418 g/mol. The molecule has 0 saturated heterocycles. The van der Waals surface area contributed by atoms with Crippen LogP contribution in [0.2, 0.25) is 0 Å². The van der Waals surface area contributed by atoms with E-state index < -0.39 is 9.75 Å². The molecule has 4 atom stereocenters. The van der Waals surface area contributed by atoms with E-state index in [1.807, 2.05) is 48.5 Å². The molecule has 0 radical (unpaired) electrons. The van der Waals surface area contributed by atoms with Crippen LogP contribution in [0.15, 0.2) is 48.5 Å². The quantitative estimate of drug-likeness (QED) is 0.562. The molecule has 5 heteroatoms. The number of carbonyl (C=O) groups excluding carboxylic acids is 1. The topological polar surface area (TPSA) is 35.5 Å². The van der Waals surface area contributed by atoms with Crippen molar-refractivity contribution in [3.63, 3.8) is 0 Å². The van der Waals surface area contributed by atoms with E-state index in [-0.39, 0.29) is 17.6 Å². The Morgan fingerprint density at radius 1 is 0.893 bits per heavy atom. The first-order chi connectivity index (χ1) is 13.4. The van der Waals surface area contributed by atoms with Gasteiger partial charge in [0.1, 0.15) is 21.2 Å². The van der Waals surface area contributed by atoms with Crippen LogP contribution < -0.4 is 9.47 Å². The Morgan fingerprint density at radius 2 is 1.32 bits per heavy atom. The van der Waals surface area contributed by atoms with Gasteiger partial charge in [0.25, 0.3) is 0 Å². The second-order valence-electron chi connectivity index (χ2n) is 7.97. The number of halogens is 2. The second-order valence-corrected chi connectivity index (χ2v) is 9.32. The number of benzene rings is 2. The van der Waals surface area contributed by atoms with Crippen molar-refractivity contribution in [2.24, 2.45) is 11.8 Å². The standard InChI is InChI=1S/C23H24Cl2O3/c1-27-19-7-3-5-15(11-19)9-17-13-22(17,24)21(26)23(25)14-18(23)10-16-6-4-8-20(12-16)28-2/h3-8,11-12,17-18H,9-10,13-14H2,1-2H3. The maximum atomic E-state index is 13.1. The lowest BCUT2D eigenvalue weighted by molar-refractivity contribution is -0.120. The first kappa shape index (κ1) is 19.6. The number of hydrogen-bond acceptors (Lipinski definition) is 3. The molecule has 0 bridgehead atoms. The molecular formula is C23H24Cl2O3. The van der Waals surface area contributed by atoms with Gasteiger partial charge < -0.3 is 9.47 Å². The van der Waals surface area contributed by atoms with Gasteiger partial charge in [-0.15, -0.1) is 23.2 Å². The lowest BCUT2D eigenvalue weighted by Crippen LogP contribution is -2.32. The smallest absolute Gasteiger partial charge is 0.175 e. The van der Waals surface area contributed by atoms with Crippen LogP contribution in [0.3, 0.4) is 0 Å². The first-order valence-corrected chi connectivity index (χ1v) is 10.3. The SMILES string of the molecule is COc1cccc(CC2CC2(Cl)C(=O)C2(Cl)CC2Cc2cccc(OC)c2)c1. The molecule has 148 valence electrons. The number of alkyl halides is 2. The van der Waals surface area contributed by atoms with Crippen LogP contribution in [0.4, 0.5) is 0 Å². The number of rotatable bonds is 8.